The number of H-pyrrole nitrogens is 1. The molecule has 6 nitrogen and oxygen atoms in total. The monoisotopic (exact) mass is 398 g/mol. The molecule has 1 saturated heterocycles. The standard InChI is InChI=1S/C24H22N4O2/c29-23-12-17(14-28(23)21-10-9-15-5-1-2-7-19(15)21)24-26-22(30-27-24)11-16-13-25-20-8-4-3-6-18(16)20/h1-8,13,17,21,25H,9-12,14H2. The lowest BCUT2D eigenvalue weighted by Gasteiger charge is -2.25. The fourth-order valence-electron chi connectivity index (χ4n) is 5.01. The quantitative estimate of drug-likeness (QED) is 0.560. The van der Waals surface area contributed by atoms with E-state index in [0.29, 0.717) is 31.1 Å². The Kier molecular flexibility index (Phi) is 3.97. The van der Waals surface area contributed by atoms with Gasteiger partial charge in [0.2, 0.25) is 11.8 Å². The summed E-state index contributed by atoms with van der Waals surface area (Å²) in [7, 11) is 0. The lowest BCUT2D eigenvalue weighted by Crippen LogP contribution is -2.28. The van der Waals surface area contributed by atoms with Crippen LogP contribution in [0.5, 0.6) is 0 Å². The van der Waals surface area contributed by atoms with Crippen molar-refractivity contribution in [2.24, 2.45) is 0 Å². The van der Waals surface area contributed by atoms with Crippen molar-refractivity contribution in [3.63, 3.8) is 0 Å². The number of carbonyl (C=O) groups is 1. The Labute approximate surface area is 173 Å². The Bertz CT molecular complexity index is 1240. The molecule has 2 atom stereocenters. The number of benzene rings is 2. The van der Waals surface area contributed by atoms with Crippen LogP contribution >= 0.6 is 0 Å². The largest absolute Gasteiger partial charge is 0.361 e. The van der Waals surface area contributed by atoms with E-state index in [-0.39, 0.29) is 17.9 Å². The molecule has 1 N–H and O–H groups in total. The second-order valence-corrected chi connectivity index (χ2v) is 8.28. The number of rotatable bonds is 4. The summed E-state index contributed by atoms with van der Waals surface area (Å²) in [5, 5.41) is 5.39. The van der Waals surface area contributed by atoms with Gasteiger partial charge >= 0.3 is 0 Å². The van der Waals surface area contributed by atoms with Crippen LogP contribution in [0.25, 0.3) is 10.9 Å². The summed E-state index contributed by atoms with van der Waals surface area (Å²) in [5.74, 6) is 1.41. The van der Waals surface area contributed by atoms with Crippen LogP contribution in [0.2, 0.25) is 0 Å². The van der Waals surface area contributed by atoms with Crippen LogP contribution in [0.4, 0.5) is 0 Å². The number of nitrogens with one attached hydrogen (secondary N) is 1. The smallest absolute Gasteiger partial charge is 0.231 e. The van der Waals surface area contributed by atoms with E-state index >= 15 is 0 Å². The van der Waals surface area contributed by atoms with Crippen LogP contribution in [-0.2, 0) is 17.6 Å². The number of aromatic nitrogens is 3. The summed E-state index contributed by atoms with van der Waals surface area (Å²) >= 11 is 0. The molecule has 0 saturated carbocycles. The third kappa shape index (κ3) is 2.83. The maximum Gasteiger partial charge on any atom is 0.231 e. The molecule has 6 rings (SSSR count). The lowest BCUT2D eigenvalue weighted by molar-refractivity contribution is -0.129. The minimum atomic E-state index is -0.00858. The first-order valence-corrected chi connectivity index (χ1v) is 10.5. The van der Waals surface area contributed by atoms with Gasteiger partial charge in [-0.05, 0) is 35.6 Å². The fourth-order valence-corrected chi connectivity index (χ4v) is 5.01. The molecule has 6 heteroatoms. The second-order valence-electron chi connectivity index (χ2n) is 8.28. The maximum atomic E-state index is 12.8. The highest BCUT2D eigenvalue weighted by Crippen LogP contribution is 2.40. The summed E-state index contributed by atoms with van der Waals surface area (Å²) in [6.07, 6.45) is 5.05. The molecule has 2 aromatic heterocycles. The maximum absolute atomic E-state index is 12.8. The van der Waals surface area contributed by atoms with Crippen molar-refractivity contribution in [1.82, 2.24) is 20.0 Å². The van der Waals surface area contributed by atoms with Gasteiger partial charge in [-0.2, -0.15) is 4.98 Å². The number of aromatic amines is 1. The van der Waals surface area contributed by atoms with Crippen molar-refractivity contribution < 1.29 is 9.32 Å². The van der Waals surface area contributed by atoms with E-state index in [1.807, 2.05) is 23.2 Å². The SMILES string of the molecule is O=C1CC(c2noc(Cc3c[nH]c4ccccc34)n2)CN1C1CCc2ccccc21. The Hall–Kier alpha value is -3.41. The van der Waals surface area contributed by atoms with Gasteiger partial charge in [0.25, 0.3) is 0 Å². The number of carbonyl (C=O) groups excluding carboxylic acids is 1. The molecule has 1 aliphatic carbocycles. The summed E-state index contributed by atoms with van der Waals surface area (Å²) in [6, 6.07) is 16.8. The number of nitrogens with zero attached hydrogens (tertiary/aromatic N) is 3. The van der Waals surface area contributed by atoms with Gasteiger partial charge in [0.05, 0.1) is 12.5 Å². The second kappa shape index (κ2) is 6.83. The van der Waals surface area contributed by atoms with Crippen molar-refractivity contribution in [3.8, 4) is 0 Å². The summed E-state index contributed by atoms with van der Waals surface area (Å²) in [5.41, 5.74) is 4.88. The predicted octanol–water partition coefficient (Wildman–Crippen LogP) is 4.15. The number of likely N-dealkylation sites (tertiary alicyclic amines) is 1. The number of hydrogen-bond acceptors (Lipinski definition) is 4. The average molecular weight is 398 g/mol. The van der Waals surface area contributed by atoms with E-state index < -0.39 is 0 Å². The van der Waals surface area contributed by atoms with E-state index in [0.717, 1.165) is 23.9 Å². The van der Waals surface area contributed by atoms with Crippen molar-refractivity contribution in [1.29, 1.82) is 0 Å². The molecule has 3 heterocycles. The topological polar surface area (TPSA) is 75.0 Å². The van der Waals surface area contributed by atoms with Gasteiger partial charge in [0.15, 0.2) is 5.82 Å². The minimum Gasteiger partial charge on any atom is -0.361 e. The Morgan fingerprint density at radius 1 is 1.13 bits per heavy atom. The van der Waals surface area contributed by atoms with Crippen LogP contribution in [-0.4, -0.2) is 32.5 Å². The molecular formula is C24H22N4O2. The van der Waals surface area contributed by atoms with Gasteiger partial charge in [-0.15, -0.1) is 0 Å². The zero-order valence-corrected chi connectivity index (χ0v) is 16.5. The van der Waals surface area contributed by atoms with Crippen LogP contribution < -0.4 is 0 Å². The lowest BCUT2D eigenvalue weighted by atomic mass is 10.1. The van der Waals surface area contributed by atoms with Gasteiger partial charge in [0, 0.05) is 36.0 Å². The summed E-state index contributed by atoms with van der Waals surface area (Å²) < 4.78 is 5.55. The molecule has 2 aliphatic rings. The molecule has 0 radical (unpaired) electrons. The minimum absolute atomic E-state index is 0.00858. The molecule has 1 amide bonds. The Morgan fingerprint density at radius 3 is 2.97 bits per heavy atom. The van der Waals surface area contributed by atoms with Crippen molar-refractivity contribution in [2.75, 3.05) is 6.54 Å². The highest BCUT2D eigenvalue weighted by molar-refractivity contribution is 5.83. The zero-order chi connectivity index (χ0) is 20.1. The first-order chi connectivity index (χ1) is 14.8. The number of hydrogen-bond donors (Lipinski definition) is 1. The van der Waals surface area contributed by atoms with E-state index in [9.17, 15) is 4.79 Å². The van der Waals surface area contributed by atoms with E-state index in [1.165, 1.54) is 16.5 Å². The molecule has 0 bridgehead atoms. The predicted molar refractivity (Wildman–Crippen MR) is 112 cm³/mol. The van der Waals surface area contributed by atoms with Gasteiger partial charge in [-0.1, -0.05) is 47.6 Å². The third-order valence-corrected chi connectivity index (χ3v) is 6.50. The fraction of sp³-hybridized carbons (Fsp3) is 0.292. The molecule has 1 aliphatic heterocycles. The van der Waals surface area contributed by atoms with Gasteiger partial charge < -0.3 is 14.4 Å². The van der Waals surface area contributed by atoms with E-state index in [4.69, 9.17) is 4.52 Å². The number of aryl methyl sites for hydroxylation is 1. The van der Waals surface area contributed by atoms with Crippen LogP contribution in [0.15, 0.2) is 59.3 Å². The molecule has 4 aromatic rings. The number of fused-ring (bicyclic) bond motifs is 2. The summed E-state index contributed by atoms with van der Waals surface area (Å²) in [6.45, 7) is 0.657. The Balaban J connectivity index is 1.20. The van der Waals surface area contributed by atoms with Gasteiger partial charge in [0.1, 0.15) is 0 Å². The summed E-state index contributed by atoms with van der Waals surface area (Å²) in [4.78, 5) is 22.7. The molecule has 0 spiro atoms. The van der Waals surface area contributed by atoms with E-state index in [2.05, 4.69) is 51.5 Å². The van der Waals surface area contributed by atoms with Crippen molar-refractivity contribution in [3.05, 3.63) is 83.1 Å². The molecule has 150 valence electrons. The normalized spacial score (nSPS) is 20.9. The Morgan fingerprint density at radius 2 is 2.00 bits per heavy atom. The molecule has 30 heavy (non-hydrogen) atoms. The average Bonchev–Trinajstić information content (AvgIpc) is 3.54. The van der Waals surface area contributed by atoms with Crippen LogP contribution in [0.1, 0.15) is 53.2 Å². The molecular weight excluding hydrogens is 376 g/mol. The first-order valence-electron chi connectivity index (χ1n) is 10.5. The molecule has 2 unspecified atom stereocenters. The number of para-hydroxylation sites is 1. The van der Waals surface area contributed by atoms with Crippen molar-refractivity contribution in [2.45, 2.75) is 37.6 Å². The van der Waals surface area contributed by atoms with Gasteiger partial charge in [-0.25, -0.2) is 0 Å². The van der Waals surface area contributed by atoms with E-state index in [1.54, 1.807) is 0 Å². The molecule has 2 aromatic carbocycles. The first kappa shape index (κ1) is 17.4. The third-order valence-electron chi connectivity index (χ3n) is 6.50. The highest BCUT2D eigenvalue weighted by atomic mass is 16.5. The van der Waals surface area contributed by atoms with Crippen molar-refractivity contribution >= 4 is 16.8 Å². The zero-order valence-electron chi connectivity index (χ0n) is 16.5. The van der Waals surface area contributed by atoms with Gasteiger partial charge in [-0.3, -0.25) is 4.79 Å². The van der Waals surface area contributed by atoms with Crippen LogP contribution in [0.3, 0.4) is 0 Å². The highest BCUT2D eigenvalue weighted by Gasteiger charge is 2.39. The van der Waals surface area contributed by atoms with Crippen LogP contribution in [0, 0.1) is 0 Å². The molecule has 1 fully saturated rings. The number of amides is 1.